The standard InChI is InChI=1S/C24H23N7O/c1-2-3-12-26-24(32)20-21-23(30-19-11-7-6-10-18(19)29-21)31(22(20)25)28-14-15-13-27-17-9-5-4-8-16(15)17/h4-11,13-14,27H,2-3,12,25H2,1H3,(H,26,32)/b28-14+. The maximum atomic E-state index is 13.0. The van der Waals surface area contributed by atoms with Crippen LogP contribution in [0.2, 0.25) is 0 Å². The molecular weight excluding hydrogens is 402 g/mol. The zero-order valence-corrected chi connectivity index (χ0v) is 17.7. The lowest BCUT2D eigenvalue weighted by molar-refractivity contribution is 0.0955. The Labute approximate surface area is 184 Å². The Hall–Kier alpha value is -4.20. The highest BCUT2D eigenvalue weighted by atomic mass is 16.1. The summed E-state index contributed by atoms with van der Waals surface area (Å²) in [5.41, 5.74) is 10.9. The average molecular weight is 425 g/mol. The van der Waals surface area contributed by atoms with Gasteiger partial charge in [-0.2, -0.15) is 9.78 Å². The highest BCUT2D eigenvalue weighted by Crippen LogP contribution is 2.28. The summed E-state index contributed by atoms with van der Waals surface area (Å²) in [6.45, 7) is 2.64. The van der Waals surface area contributed by atoms with Gasteiger partial charge in [0.15, 0.2) is 5.65 Å². The van der Waals surface area contributed by atoms with Crippen LogP contribution in [0.15, 0.2) is 59.8 Å². The fourth-order valence-electron chi connectivity index (χ4n) is 3.78. The number of hydrogen-bond donors (Lipinski definition) is 3. The molecule has 0 fully saturated rings. The third-order valence-electron chi connectivity index (χ3n) is 5.45. The summed E-state index contributed by atoms with van der Waals surface area (Å²) in [5.74, 6) is -0.0630. The molecule has 8 nitrogen and oxygen atoms in total. The van der Waals surface area contributed by atoms with E-state index < -0.39 is 0 Å². The van der Waals surface area contributed by atoms with Crippen LogP contribution in [0.4, 0.5) is 5.82 Å². The van der Waals surface area contributed by atoms with Gasteiger partial charge in [-0.15, -0.1) is 0 Å². The number of amides is 1. The first-order valence-electron chi connectivity index (χ1n) is 10.6. The van der Waals surface area contributed by atoms with Crippen LogP contribution in [0, 0.1) is 0 Å². The van der Waals surface area contributed by atoms with Crippen molar-refractivity contribution in [2.24, 2.45) is 5.10 Å². The highest BCUT2D eigenvalue weighted by Gasteiger charge is 2.23. The highest BCUT2D eigenvalue weighted by molar-refractivity contribution is 6.11. The van der Waals surface area contributed by atoms with Gasteiger partial charge in [0.25, 0.3) is 5.91 Å². The van der Waals surface area contributed by atoms with Crippen LogP contribution < -0.4 is 11.1 Å². The molecule has 32 heavy (non-hydrogen) atoms. The lowest BCUT2D eigenvalue weighted by atomic mass is 10.2. The van der Waals surface area contributed by atoms with Crippen molar-refractivity contribution in [2.45, 2.75) is 19.8 Å². The molecule has 0 bridgehead atoms. The van der Waals surface area contributed by atoms with Gasteiger partial charge in [0.1, 0.15) is 16.9 Å². The molecule has 1 amide bonds. The number of H-pyrrole nitrogens is 1. The Morgan fingerprint density at radius 3 is 2.72 bits per heavy atom. The SMILES string of the molecule is CCCCNC(=O)c1c(N)n(/N=C/c2c[nH]c3ccccc23)c2nc3ccccc3nc12. The van der Waals surface area contributed by atoms with Gasteiger partial charge in [-0.05, 0) is 24.6 Å². The number of benzene rings is 2. The van der Waals surface area contributed by atoms with Gasteiger partial charge in [-0.25, -0.2) is 9.97 Å². The molecule has 2 aromatic carbocycles. The molecule has 4 N–H and O–H groups in total. The minimum absolute atomic E-state index is 0.209. The lowest BCUT2D eigenvalue weighted by Gasteiger charge is -2.04. The summed E-state index contributed by atoms with van der Waals surface area (Å²) >= 11 is 0. The molecular formula is C24H23N7O. The number of para-hydroxylation sites is 3. The van der Waals surface area contributed by atoms with Crippen LogP contribution in [-0.2, 0) is 0 Å². The number of nitrogens with two attached hydrogens (primary N) is 1. The minimum atomic E-state index is -0.272. The Bertz CT molecular complexity index is 1480. The smallest absolute Gasteiger partial charge is 0.257 e. The van der Waals surface area contributed by atoms with Crippen molar-refractivity contribution >= 4 is 51.0 Å². The quantitative estimate of drug-likeness (QED) is 0.281. The maximum absolute atomic E-state index is 13.0. The predicted molar refractivity (Wildman–Crippen MR) is 128 cm³/mol. The van der Waals surface area contributed by atoms with Crippen molar-refractivity contribution in [3.63, 3.8) is 0 Å². The molecule has 0 radical (unpaired) electrons. The monoisotopic (exact) mass is 425 g/mol. The Balaban J connectivity index is 1.66. The van der Waals surface area contributed by atoms with Crippen LogP contribution in [0.5, 0.6) is 0 Å². The van der Waals surface area contributed by atoms with Gasteiger partial charge in [-0.3, -0.25) is 4.79 Å². The summed E-state index contributed by atoms with van der Waals surface area (Å²) in [6, 6.07) is 15.5. The normalized spacial score (nSPS) is 11.8. The van der Waals surface area contributed by atoms with Crippen LogP contribution >= 0.6 is 0 Å². The predicted octanol–water partition coefficient (Wildman–Crippen LogP) is 4.06. The van der Waals surface area contributed by atoms with Gasteiger partial charge in [0.2, 0.25) is 0 Å². The van der Waals surface area contributed by atoms with Gasteiger partial charge in [-0.1, -0.05) is 43.7 Å². The molecule has 0 saturated heterocycles. The maximum Gasteiger partial charge on any atom is 0.257 e. The molecule has 0 aliphatic heterocycles. The average Bonchev–Trinajstić information content (AvgIpc) is 3.34. The van der Waals surface area contributed by atoms with E-state index in [-0.39, 0.29) is 11.7 Å². The van der Waals surface area contributed by atoms with E-state index in [0.29, 0.717) is 34.3 Å². The topological polar surface area (TPSA) is 114 Å². The summed E-state index contributed by atoms with van der Waals surface area (Å²) in [6.07, 6.45) is 5.47. The Morgan fingerprint density at radius 2 is 1.91 bits per heavy atom. The van der Waals surface area contributed by atoms with E-state index in [2.05, 4.69) is 22.3 Å². The van der Waals surface area contributed by atoms with E-state index >= 15 is 0 Å². The second-order valence-electron chi connectivity index (χ2n) is 7.60. The van der Waals surface area contributed by atoms with Crippen LogP contribution in [0.3, 0.4) is 0 Å². The molecule has 3 aromatic heterocycles. The van der Waals surface area contributed by atoms with E-state index in [1.807, 2.05) is 54.7 Å². The number of aromatic amines is 1. The number of carbonyl (C=O) groups is 1. The van der Waals surface area contributed by atoms with Gasteiger partial charge in [0.05, 0.1) is 17.2 Å². The molecule has 0 aliphatic rings. The number of nitrogen functional groups attached to an aromatic ring is 1. The number of anilines is 1. The first-order chi connectivity index (χ1) is 15.7. The van der Waals surface area contributed by atoms with E-state index in [0.717, 1.165) is 29.3 Å². The summed E-state index contributed by atoms with van der Waals surface area (Å²) in [4.78, 5) is 25.6. The summed E-state index contributed by atoms with van der Waals surface area (Å²) < 4.78 is 1.49. The van der Waals surface area contributed by atoms with Gasteiger partial charge >= 0.3 is 0 Å². The summed E-state index contributed by atoms with van der Waals surface area (Å²) in [7, 11) is 0. The molecule has 3 heterocycles. The van der Waals surface area contributed by atoms with Crippen LogP contribution in [0.1, 0.15) is 35.7 Å². The van der Waals surface area contributed by atoms with Crippen molar-refractivity contribution in [3.8, 4) is 0 Å². The number of rotatable bonds is 6. The van der Waals surface area contributed by atoms with Gasteiger partial charge in [0, 0.05) is 29.2 Å². The van der Waals surface area contributed by atoms with Crippen LogP contribution in [-0.4, -0.2) is 38.3 Å². The number of hydrogen-bond acceptors (Lipinski definition) is 5. The molecule has 0 spiro atoms. The number of nitrogens with one attached hydrogen (secondary N) is 2. The van der Waals surface area contributed by atoms with E-state index in [9.17, 15) is 4.79 Å². The molecule has 5 aromatic rings. The Morgan fingerprint density at radius 1 is 1.16 bits per heavy atom. The number of carbonyl (C=O) groups excluding carboxylic acids is 1. The van der Waals surface area contributed by atoms with Crippen molar-refractivity contribution in [1.29, 1.82) is 0 Å². The lowest BCUT2D eigenvalue weighted by Crippen LogP contribution is -2.25. The first kappa shape index (κ1) is 19.7. The molecule has 8 heteroatoms. The Kier molecular flexibility index (Phi) is 5.03. The second-order valence-corrected chi connectivity index (χ2v) is 7.60. The zero-order chi connectivity index (χ0) is 22.1. The van der Waals surface area contributed by atoms with E-state index in [1.54, 1.807) is 6.21 Å². The second kappa shape index (κ2) is 8.14. The minimum Gasteiger partial charge on any atom is -0.383 e. The molecule has 5 rings (SSSR count). The third-order valence-corrected chi connectivity index (χ3v) is 5.45. The van der Waals surface area contributed by atoms with Crippen molar-refractivity contribution in [2.75, 3.05) is 12.3 Å². The third kappa shape index (κ3) is 3.35. The van der Waals surface area contributed by atoms with Crippen LogP contribution in [0.25, 0.3) is 33.1 Å². The molecule has 0 saturated carbocycles. The zero-order valence-electron chi connectivity index (χ0n) is 17.7. The van der Waals surface area contributed by atoms with E-state index in [1.165, 1.54) is 4.68 Å². The van der Waals surface area contributed by atoms with Gasteiger partial charge < -0.3 is 16.0 Å². The number of unbranched alkanes of at least 4 members (excludes halogenated alkanes) is 1. The van der Waals surface area contributed by atoms with E-state index in [4.69, 9.17) is 15.7 Å². The van der Waals surface area contributed by atoms with Crippen molar-refractivity contribution in [1.82, 2.24) is 24.9 Å². The number of aromatic nitrogens is 4. The van der Waals surface area contributed by atoms with Crippen molar-refractivity contribution < 1.29 is 4.79 Å². The fourth-order valence-corrected chi connectivity index (χ4v) is 3.78. The number of fused-ring (bicyclic) bond motifs is 3. The fraction of sp³-hybridized carbons (Fsp3) is 0.167. The molecule has 0 unspecified atom stereocenters. The summed E-state index contributed by atoms with van der Waals surface area (Å²) in [5, 5.41) is 8.57. The largest absolute Gasteiger partial charge is 0.383 e. The first-order valence-corrected chi connectivity index (χ1v) is 10.6. The number of nitrogens with zero attached hydrogens (tertiary/aromatic N) is 4. The molecule has 160 valence electrons. The molecule has 0 aliphatic carbocycles. The van der Waals surface area contributed by atoms with Crippen molar-refractivity contribution in [3.05, 3.63) is 65.9 Å². The molecule has 0 atom stereocenters.